The number of hydrazone groups is 1. The molecule has 1 amide bonds. The Bertz CT molecular complexity index is 725. The second kappa shape index (κ2) is 11.3. The summed E-state index contributed by atoms with van der Waals surface area (Å²) in [5, 5.41) is 16.0. The maximum Gasteiger partial charge on any atom is 0.240 e. The van der Waals surface area contributed by atoms with Gasteiger partial charge >= 0.3 is 0 Å². The van der Waals surface area contributed by atoms with Crippen molar-refractivity contribution in [1.82, 2.24) is 5.43 Å². The van der Waals surface area contributed by atoms with Crippen molar-refractivity contribution in [2.45, 2.75) is 64.7 Å². The predicted molar refractivity (Wildman–Crippen MR) is 109 cm³/mol. The van der Waals surface area contributed by atoms with E-state index in [4.69, 9.17) is 0 Å². The van der Waals surface area contributed by atoms with Crippen LogP contribution in [0.3, 0.4) is 0 Å². The summed E-state index contributed by atoms with van der Waals surface area (Å²) in [5.74, 6) is 0.108. The van der Waals surface area contributed by atoms with Gasteiger partial charge in [0.1, 0.15) is 5.75 Å². The minimum Gasteiger partial charge on any atom is -0.507 e. The van der Waals surface area contributed by atoms with E-state index in [0.29, 0.717) is 12.0 Å². The molecule has 0 aliphatic rings. The lowest BCUT2D eigenvalue weighted by molar-refractivity contribution is -0.121. The summed E-state index contributed by atoms with van der Waals surface area (Å²) < 4.78 is 0. The van der Waals surface area contributed by atoms with Gasteiger partial charge in [-0.15, -0.1) is 0 Å². The fraction of sp³-hybridized carbons (Fsp3) is 0.455. The second-order valence-corrected chi connectivity index (χ2v) is 6.74. The van der Waals surface area contributed by atoms with Crippen molar-refractivity contribution >= 4 is 22.9 Å². The number of benzene rings is 2. The highest BCUT2D eigenvalue weighted by molar-refractivity contribution is 5.97. The van der Waals surface area contributed by atoms with Crippen molar-refractivity contribution in [3.63, 3.8) is 0 Å². The maximum atomic E-state index is 11.8. The number of nitrogens with one attached hydrogen (secondary N) is 1. The number of phenols is 1. The summed E-state index contributed by atoms with van der Waals surface area (Å²) in [7, 11) is 0. The molecule has 0 heterocycles. The topological polar surface area (TPSA) is 61.7 Å². The Balaban J connectivity index is 1.68. The molecule has 0 spiro atoms. The number of fused-ring (bicyclic) bond motifs is 1. The van der Waals surface area contributed by atoms with E-state index < -0.39 is 0 Å². The average Bonchev–Trinajstić information content (AvgIpc) is 2.66. The smallest absolute Gasteiger partial charge is 0.240 e. The third kappa shape index (κ3) is 6.51. The summed E-state index contributed by atoms with van der Waals surface area (Å²) in [6.07, 6.45) is 11.7. The van der Waals surface area contributed by atoms with Crippen LogP contribution in [-0.4, -0.2) is 17.2 Å². The zero-order valence-corrected chi connectivity index (χ0v) is 15.7. The van der Waals surface area contributed by atoms with Gasteiger partial charge in [0, 0.05) is 17.4 Å². The largest absolute Gasteiger partial charge is 0.507 e. The fourth-order valence-electron chi connectivity index (χ4n) is 3.03. The molecular formula is C22H30N2O2. The van der Waals surface area contributed by atoms with Gasteiger partial charge in [0.05, 0.1) is 6.21 Å². The molecule has 0 aromatic heterocycles. The highest BCUT2D eigenvalue weighted by atomic mass is 16.3. The highest BCUT2D eigenvalue weighted by Gasteiger charge is 2.04. The predicted octanol–water partition coefficient (Wildman–Crippen LogP) is 5.53. The summed E-state index contributed by atoms with van der Waals surface area (Å²) >= 11 is 0. The molecule has 0 saturated heterocycles. The number of carbonyl (C=O) groups is 1. The number of nitrogens with zero attached hydrogens (tertiary/aromatic N) is 1. The van der Waals surface area contributed by atoms with Crippen molar-refractivity contribution in [2.24, 2.45) is 5.10 Å². The second-order valence-electron chi connectivity index (χ2n) is 6.74. The number of aromatic hydroxyl groups is 1. The molecule has 0 saturated carbocycles. The van der Waals surface area contributed by atoms with Gasteiger partial charge in [-0.3, -0.25) is 4.79 Å². The molecule has 0 radical (unpaired) electrons. The van der Waals surface area contributed by atoms with Crippen LogP contribution in [0, 0.1) is 0 Å². The molecule has 0 fully saturated rings. The Morgan fingerprint density at radius 3 is 2.46 bits per heavy atom. The van der Waals surface area contributed by atoms with Crippen LogP contribution >= 0.6 is 0 Å². The standard InChI is InChI=1S/C22H30N2O2/c1-2-3-4-5-6-7-8-9-14-21(25)24-23-17-19-16-15-18-12-10-11-13-20(18)22(19)26/h10-13,15-17,26H,2-9,14H2,1H3,(H,24,25). The van der Waals surface area contributed by atoms with Crippen LogP contribution in [0.2, 0.25) is 0 Å². The Hall–Kier alpha value is -2.36. The van der Waals surface area contributed by atoms with Crippen molar-refractivity contribution in [1.29, 1.82) is 0 Å². The number of phenolic OH excluding ortho intramolecular Hbond substituents is 1. The summed E-state index contributed by atoms with van der Waals surface area (Å²) in [5.41, 5.74) is 3.14. The first-order valence-electron chi connectivity index (χ1n) is 9.75. The lowest BCUT2D eigenvalue weighted by Crippen LogP contribution is -2.16. The molecule has 2 rings (SSSR count). The van der Waals surface area contributed by atoms with Crippen LogP contribution in [0.15, 0.2) is 41.5 Å². The average molecular weight is 354 g/mol. The number of hydrogen-bond acceptors (Lipinski definition) is 3. The summed E-state index contributed by atoms with van der Waals surface area (Å²) in [4.78, 5) is 11.8. The molecule has 2 N–H and O–H groups in total. The van der Waals surface area contributed by atoms with Gasteiger partial charge in [-0.05, 0) is 17.9 Å². The van der Waals surface area contributed by atoms with E-state index in [-0.39, 0.29) is 11.7 Å². The van der Waals surface area contributed by atoms with E-state index in [9.17, 15) is 9.90 Å². The van der Waals surface area contributed by atoms with Crippen molar-refractivity contribution in [3.8, 4) is 5.75 Å². The first-order valence-corrected chi connectivity index (χ1v) is 9.75. The van der Waals surface area contributed by atoms with Crippen LogP contribution in [0.4, 0.5) is 0 Å². The summed E-state index contributed by atoms with van der Waals surface area (Å²) in [6, 6.07) is 11.4. The van der Waals surface area contributed by atoms with Crippen molar-refractivity contribution in [2.75, 3.05) is 0 Å². The van der Waals surface area contributed by atoms with Crippen LogP contribution in [0.1, 0.15) is 70.3 Å². The van der Waals surface area contributed by atoms with E-state index in [1.165, 1.54) is 44.7 Å². The van der Waals surface area contributed by atoms with Gasteiger partial charge in [0.15, 0.2) is 0 Å². The lowest BCUT2D eigenvalue weighted by atomic mass is 10.1. The van der Waals surface area contributed by atoms with Crippen LogP contribution in [0.5, 0.6) is 5.75 Å². The van der Waals surface area contributed by atoms with Gasteiger partial charge in [-0.25, -0.2) is 5.43 Å². The van der Waals surface area contributed by atoms with E-state index in [0.717, 1.165) is 23.6 Å². The van der Waals surface area contributed by atoms with Crippen LogP contribution in [0.25, 0.3) is 10.8 Å². The highest BCUT2D eigenvalue weighted by Crippen LogP contribution is 2.27. The first kappa shape index (κ1) is 20.0. The van der Waals surface area contributed by atoms with E-state index in [1.54, 1.807) is 6.07 Å². The molecule has 4 nitrogen and oxygen atoms in total. The minimum absolute atomic E-state index is 0.0764. The minimum atomic E-state index is -0.0764. The maximum absolute atomic E-state index is 11.8. The molecule has 2 aromatic carbocycles. The molecular weight excluding hydrogens is 324 g/mol. The number of carbonyl (C=O) groups excluding carboxylic acids is 1. The Morgan fingerprint density at radius 2 is 1.69 bits per heavy atom. The van der Waals surface area contributed by atoms with E-state index in [2.05, 4.69) is 17.5 Å². The molecule has 140 valence electrons. The molecule has 0 atom stereocenters. The molecule has 2 aromatic rings. The monoisotopic (exact) mass is 354 g/mol. The third-order valence-corrected chi connectivity index (χ3v) is 4.58. The SMILES string of the molecule is CCCCCCCCCCC(=O)NN=Cc1ccc2ccccc2c1O. The zero-order valence-electron chi connectivity index (χ0n) is 15.7. The Kier molecular flexibility index (Phi) is 8.67. The number of hydrogen-bond donors (Lipinski definition) is 2. The quantitative estimate of drug-likeness (QED) is 0.317. The fourth-order valence-corrected chi connectivity index (χ4v) is 3.03. The first-order chi connectivity index (χ1) is 12.7. The lowest BCUT2D eigenvalue weighted by Gasteiger charge is -2.04. The van der Waals surface area contributed by atoms with Crippen LogP contribution in [-0.2, 0) is 4.79 Å². The third-order valence-electron chi connectivity index (χ3n) is 4.58. The van der Waals surface area contributed by atoms with E-state index >= 15 is 0 Å². The van der Waals surface area contributed by atoms with Gasteiger partial charge in [0.2, 0.25) is 5.91 Å². The molecule has 0 bridgehead atoms. The number of amides is 1. The Morgan fingerprint density at radius 1 is 1.00 bits per heavy atom. The molecule has 4 heteroatoms. The van der Waals surface area contributed by atoms with Crippen LogP contribution < -0.4 is 5.43 Å². The van der Waals surface area contributed by atoms with Gasteiger partial charge in [-0.1, -0.05) is 82.2 Å². The molecule has 0 unspecified atom stereocenters. The van der Waals surface area contributed by atoms with Gasteiger partial charge in [0.25, 0.3) is 0 Å². The Labute approximate surface area is 156 Å². The van der Waals surface area contributed by atoms with Crippen molar-refractivity contribution in [3.05, 3.63) is 42.0 Å². The molecule has 26 heavy (non-hydrogen) atoms. The van der Waals surface area contributed by atoms with Crippen molar-refractivity contribution < 1.29 is 9.90 Å². The number of rotatable bonds is 11. The molecule has 0 aliphatic carbocycles. The van der Waals surface area contributed by atoms with Gasteiger partial charge in [-0.2, -0.15) is 5.10 Å². The van der Waals surface area contributed by atoms with Gasteiger partial charge < -0.3 is 5.11 Å². The normalized spacial score (nSPS) is 11.3. The van der Waals surface area contributed by atoms with E-state index in [1.807, 2.05) is 30.3 Å². The number of unbranched alkanes of at least 4 members (excludes halogenated alkanes) is 7. The molecule has 0 aliphatic heterocycles. The summed E-state index contributed by atoms with van der Waals surface area (Å²) in [6.45, 7) is 2.22. The zero-order chi connectivity index (χ0) is 18.6.